The fourth-order valence-corrected chi connectivity index (χ4v) is 6.12. The third-order valence-corrected chi connectivity index (χ3v) is 8.17. The molecule has 1 unspecified atom stereocenters. The van der Waals surface area contributed by atoms with Gasteiger partial charge < -0.3 is 19.0 Å². The summed E-state index contributed by atoms with van der Waals surface area (Å²) >= 11 is 1.29. The molecule has 1 fully saturated rings. The number of nitrogens with zero attached hydrogens (tertiary/aromatic N) is 4. The molecule has 2 aromatic carbocycles. The summed E-state index contributed by atoms with van der Waals surface area (Å²) in [6.07, 6.45) is 1.77. The maximum atomic E-state index is 14.0. The van der Waals surface area contributed by atoms with E-state index in [-0.39, 0.29) is 12.2 Å². The van der Waals surface area contributed by atoms with Crippen molar-refractivity contribution < 1.29 is 13.9 Å². The third-order valence-electron chi connectivity index (χ3n) is 7.19. The summed E-state index contributed by atoms with van der Waals surface area (Å²) in [6.45, 7) is 5.71. The van der Waals surface area contributed by atoms with Gasteiger partial charge in [0.2, 0.25) is 0 Å². The lowest BCUT2D eigenvalue weighted by Crippen LogP contribution is -2.44. The van der Waals surface area contributed by atoms with Crippen LogP contribution in [0.15, 0.2) is 92.6 Å². The zero-order valence-electron chi connectivity index (χ0n) is 22.4. The van der Waals surface area contributed by atoms with Crippen LogP contribution in [0.3, 0.4) is 0 Å². The van der Waals surface area contributed by atoms with Crippen LogP contribution in [0.1, 0.15) is 29.9 Å². The molecule has 8 nitrogen and oxygen atoms in total. The third kappa shape index (κ3) is 4.94. The van der Waals surface area contributed by atoms with Crippen LogP contribution in [-0.4, -0.2) is 55.3 Å². The minimum Gasteiger partial charge on any atom is -0.463 e. The van der Waals surface area contributed by atoms with Crippen molar-refractivity contribution in [2.45, 2.75) is 13.0 Å². The summed E-state index contributed by atoms with van der Waals surface area (Å²) in [4.78, 5) is 37.3. The van der Waals surface area contributed by atoms with Crippen LogP contribution in [0.25, 0.3) is 11.8 Å². The maximum Gasteiger partial charge on any atom is 0.338 e. The standard InChI is InChI=1S/C31H30N4O4S/c1-3-38-30(37)26-27(21-10-6-4-7-11-21)32-31-35(28(26)22-12-8-5-9-13-22)29(36)24(40-31)20-23-14-15-25(39-23)34-18-16-33(2)17-19-34/h4-15,20,28H,3,16-19H2,1-2H3. The number of furan rings is 1. The molecular weight excluding hydrogens is 524 g/mol. The van der Waals surface area contributed by atoms with Crippen molar-refractivity contribution in [3.63, 3.8) is 0 Å². The van der Waals surface area contributed by atoms with E-state index in [9.17, 15) is 9.59 Å². The molecule has 204 valence electrons. The molecule has 0 bridgehead atoms. The fraction of sp³-hybridized carbons (Fsp3) is 0.258. The van der Waals surface area contributed by atoms with Gasteiger partial charge in [0.25, 0.3) is 5.56 Å². The first-order valence-electron chi connectivity index (χ1n) is 13.4. The summed E-state index contributed by atoms with van der Waals surface area (Å²) in [6, 6.07) is 22.3. The molecule has 6 rings (SSSR count). The smallest absolute Gasteiger partial charge is 0.338 e. The van der Waals surface area contributed by atoms with Crippen molar-refractivity contribution in [3.8, 4) is 0 Å². The Kier molecular flexibility index (Phi) is 7.23. The van der Waals surface area contributed by atoms with E-state index < -0.39 is 12.0 Å². The van der Waals surface area contributed by atoms with E-state index in [4.69, 9.17) is 14.1 Å². The number of anilines is 1. The Balaban J connectivity index is 1.50. The second-order valence-electron chi connectivity index (χ2n) is 9.81. The minimum absolute atomic E-state index is 0.213. The topological polar surface area (TPSA) is 80.3 Å². The van der Waals surface area contributed by atoms with E-state index in [0.29, 0.717) is 26.4 Å². The van der Waals surface area contributed by atoms with Gasteiger partial charge in [0.15, 0.2) is 10.7 Å². The fourth-order valence-electron chi connectivity index (χ4n) is 5.14. The van der Waals surface area contributed by atoms with Gasteiger partial charge in [-0.15, -0.1) is 0 Å². The molecule has 0 saturated carbocycles. The van der Waals surface area contributed by atoms with E-state index in [1.54, 1.807) is 17.6 Å². The SMILES string of the molecule is CCOC(=O)C1=C(c2ccccc2)N=c2sc(=Cc3ccc(N4CCN(C)CC4)o3)c(=O)n2C1c1ccccc1. The Hall–Kier alpha value is -4.21. The second-order valence-corrected chi connectivity index (χ2v) is 10.8. The van der Waals surface area contributed by atoms with E-state index in [1.165, 1.54) is 11.3 Å². The summed E-state index contributed by atoms with van der Waals surface area (Å²) in [7, 11) is 2.11. The molecular formula is C31H30N4O4S. The van der Waals surface area contributed by atoms with Gasteiger partial charge in [0.1, 0.15) is 5.76 Å². The molecule has 0 spiro atoms. The number of thiazole rings is 1. The summed E-state index contributed by atoms with van der Waals surface area (Å²) in [5.74, 6) is 0.907. The Labute approximate surface area is 235 Å². The number of carbonyl (C=O) groups excluding carboxylic acids is 1. The number of aromatic nitrogens is 1. The van der Waals surface area contributed by atoms with Crippen LogP contribution in [0.4, 0.5) is 5.88 Å². The monoisotopic (exact) mass is 554 g/mol. The normalized spacial score (nSPS) is 18.0. The van der Waals surface area contributed by atoms with Crippen LogP contribution < -0.4 is 19.8 Å². The molecule has 2 aromatic heterocycles. The number of hydrogen-bond acceptors (Lipinski definition) is 8. The molecule has 2 aliphatic rings. The summed E-state index contributed by atoms with van der Waals surface area (Å²) in [5.41, 5.74) is 2.21. The van der Waals surface area contributed by atoms with Crippen LogP contribution in [-0.2, 0) is 9.53 Å². The van der Waals surface area contributed by atoms with Gasteiger partial charge in [0, 0.05) is 43.9 Å². The number of rotatable bonds is 6. The van der Waals surface area contributed by atoms with E-state index >= 15 is 0 Å². The molecule has 9 heteroatoms. The van der Waals surface area contributed by atoms with E-state index in [0.717, 1.165) is 43.2 Å². The zero-order valence-corrected chi connectivity index (χ0v) is 23.3. The predicted molar refractivity (Wildman–Crippen MR) is 156 cm³/mol. The summed E-state index contributed by atoms with van der Waals surface area (Å²) < 4.78 is 13.7. The van der Waals surface area contributed by atoms with Crippen molar-refractivity contribution in [3.05, 3.63) is 115 Å². The molecule has 4 heterocycles. The lowest BCUT2D eigenvalue weighted by Gasteiger charge is -2.32. The number of hydrogen-bond donors (Lipinski definition) is 0. The first-order chi connectivity index (χ1) is 19.5. The van der Waals surface area contributed by atoms with Crippen LogP contribution in [0, 0.1) is 0 Å². The van der Waals surface area contributed by atoms with Gasteiger partial charge >= 0.3 is 5.97 Å². The number of ether oxygens (including phenoxy) is 1. The van der Waals surface area contributed by atoms with Gasteiger partial charge in [-0.25, -0.2) is 9.79 Å². The van der Waals surface area contributed by atoms with Crippen molar-refractivity contribution in [2.24, 2.45) is 4.99 Å². The van der Waals surface area contributed by atoms with Crippen molar-refractivity contribution in [2.75, 3.05) is 44.7 Å². The van der Waals surface area contributed by atoms with Gasteiger partial charge in [-0.3, -0.25) is 9.36 Å². The number of piperazine rings is 1. The Bertz CT molecular complexity index is 1730. The first kappa shape index (κ1) is 26.0. The lowest BCUT2D eigenvalue weighted by molar-refractivity contribution is -0.138. The molecule has 4 aromatic rings. The van der Waals surface area contributed by atoms with Gasteiger partial charge in [-0.1, -0.05) is 72.0 Å². The molecule has 0 radical (unpaired) electrons. The minimum atomic E-state index is -0.689. The maximum absolute atomic E-state index is 14.0. The van der Waals surface area contributed by atoms with Crippen LogP contribution in [0.2, 0.25) is 0 Å². The molecule has 2 aliphatic heterocycles. The van der Waals surface area contributed by atoms with Gasteiger partial charge in [-0.2, -0.15) is 0 Å². The van der Waals surface area contributed by atoms with Crippen LogP contribution in [0.5, 0.6) is 0 Å². The van der Waals surface area contributed by atoms with Crippen molar-refractivity contribution in [1.29, 1.82) is 0 Å². The average molecular weight is 555 g/mol. The molecule has 0 N–H and O–H groups in total. The largest absolute Gasteiger partial charge is 0.463 e. The van der Waals surface area contributed by atoms with Crippen LogP contribution >= 0.6 is 11.3 Å². The van der Waals surface area contributed by atoms with E-state index in [2.05, 4.69) is 16.8 Å². The number of carbonyl (C=O) groups is 1. The Morgan fingerprint density at radius 3 is 2.42 bits per heavy atom. The number of fused-ring (bicyclic) bond motifs is 1. The highest BCUT2D eigenvalue weighted by molar-refractivity contribution is 7.07. The zero-order chi connectivity index (χ0) is 27.6. The van der Waals surface area contributed by atoms with Gasteiger partial charge in [-0.05, 0) is 25.6 Å². The molecule has 40 heavy (non-hydrogen) atoms. The first-order valence-corrected chi connectivity index (χ1v) is 14.2. The molecule has 0 aliphatic carbocycles. The highest BCUT2D eigenvalue weighted by atomic mass is 32.1. The number of likely N-dealkylation sites (N-methyl/N-ethyl adjacent to an activating group) is 1. The molecule has 1 atom stereocenters. The number of esters is 1. The van der Waals surface area contributed by atoms with Crippen molar-refractivity contribution in [1.82, 2.24) is 9.47 Å². The Morgan fingerprint density at radius 1 is 1.02 bits per heavy atom. The predicted octanol–water partition coefficient (Wildman–Crippen LogP) is 3.28. The molecule has 1 saturated heterocycles. The quantitative estimate of drug-likeness (QED) is 0.341. The van der Waals surface area contributed by atoms with E-state index in [1.807, 2.05) is 72.8 Å². The lowest BCUT2D eigenvalue weighted by atomic mass is 9.93. The highest BCUT2D eigenvalue weighted by Gasteiger charge is 2.35. The van der Waals surface area contributed by atoms with Crippen molar-refractivity contribution >= 4 is 35.0 Å². The second kappa shape index (κ2) is 11.1. The Morgan fingerprint density at radius 2 is 1.73 bits per heavy atom. The van der Waals surface area contributed by atoms with Gasteiger partial charge in [0.05, 0.1) is 28.5 Å². The number of benzene rings is 2. The highest BCUT2D eigenvalue weighted by Crippen LogP contribution is 2.35. The molecule has 0 amide bonds. The average Bonchev–Trinajstić information content (AvgIpc) is 3.58. The summed E-state index contributed by atoms with van der Waals surface area (Å²) in [5, 5.41) is 0.